The summed E-state index contributed by atoms with van der Waals surface area (Å²) in [5.74, 6) is 0. The Hall–Kier alpha value is -2.23. The Kier molecular flexibility index (Phi) is 15.1. The third-order valence-corrected chi connectivity index (χ3v) is 6.52. The summed E-state index contributed by atoms with van der Waals surface area (Å²) in [6, 6.07) is 39.5. The van der Waals surface area contributed by atoms with Crippen LogP contribution < -0.4 is 24.8 Å². The van der Waals surface area contributed by atoms with Crippen LogP contribution in [0.15, 0.2) is 109 Å². The second-order valence-electron chi connectivity index (χ2n) is 9.91. The van der Waals surface area contributed by atoms with E-state index in [4.69, 9.17) is 0 Å². The molecule has 0 bridgehead atoms. The van der Waals surface area contributed by atoms with Crippen LogP contribution in [0.3, 0.4) is 0 Å². The van der Waals surface area contributed by atoms with Crippen molar-refractivity contribution in [2.24, 2.45) is 0 Å². The van der Waals surface area contributed by atoms with Crippen molar-refractivity contribution in [1.82, 2.24) is 0 Å². The van der Waals surface area contributed by atoms with Gasteiger partial charge in [0.1, 0.15) is 0 Å². The van der Waals surface area contributed by atoms with Gasteiger partial charge in [-0.15, -0.1) is 69.1 Å². The van der Waals surface area contributed by atoms with Crippen molar-refractivity contribution in [3.05, 3.63) is 131 Å². The van der Waals surface area contributed by atoms with Crippen LogP contribution in [0, 0.1) is 27.7 Å². The Labute approximate surface area is 274 Å². The summed E-state index contributed by atoms with van der Waals surface area (Å²) in [5.41, 5.74) is 10.5. The Morgan fingerprint density at radius 2 is 0.825 bits per heavy atom. The molecule has 0 saturated carbocycles. The minimum Gasteiger partial charge on any atom is -1.00 e. The van der Waals surface area contributed by atoms with Crippen molar-refractivity contribution in [2.45, 2.75) is 40.8 Å². The molecule has 0 fully saturated rings. The first-order chi connectivity index (χ1) is 17.9. The maximum atomic E-state index is 2.27. The zero-order valence-electron chi connectivity index (χ0n) is 24.1. The molecule has 0 atom stereocenters. The molecule has 0 unspecified atom stereocenters. The average molecular weight is 746 g/mol. The van der Waals surface area contributed by atoms with Gasteiger partial charge < -0.3 is 24.8 Å². The van der Waals surface area contributed by atoms with Gasteiger partial charge in [0.15, 0.2) is 0 Å². The first-order valence-corrected chi connectivity index (χ1v) is 14.9. The quantitative estimate of drug-likeness (QED) is 0.182. The van der Waals surface area contributed by atoms with Crippen LogP contribution in [0.1, 0.15) is 22.3 Å². The number of hydrogen-bond donors (Lipinski definition) is 0. The molecule has 0 N–H and O–H groups in total. The second kappa shape index (κ2) is 16.9. The zero-order valence-corrected chi connectivity index (χ0v) is 30.3. The first-order valence-electron chi connectivity index (χ1n) is 12.9. The Morgan fingerprint density at radius 1 is 0.500 bits per heavy atom. The minimum atomic E-state index is 0. The van der Waals surface area contributed by atoms with Gasteiger partial charge in [0, 0.05) is 9.52 Å². The summed E-state index contributed by atoms with van der Waals surface area (Å²) in [7, 11) is 1.08. The standard InChI is InChI=1S/2C17H15.C2H6Si.2ClH.Hf/c2*1-12-6-8-14(9-7-12)16-5-3-4-15-10-13(2)11-17(15)16;1-3-2;;;/h2*3-11H,1-2H3;1-2H3;2*1H;/q2*-1;;;;+4/p-2. The molecule has 6 aromatic carbocycles. The summed E-state index contributed by atoms with van der Waals surface area (Å²) in [4.78, 5) is 0. The monoisotopic (exact) mass is 746 g/mol. The molecule has 4 heteroatoms. The van der Waals surface area contributed by atoms with E-state index in [1.165, 1.54) is 66.1 Å². The van der Waals surface area contributed by atoms with E-state index in [1.807, 2.05) is 0 Å². The van der Waals surface area contributed by atoms with Crippen molar-refractivity contribution in [1.29, 1.82) is 0 Å². The van der Waals surface area contributed by atoms with Gasteiger partial charge in [-0.05, 0) is 25.0 Å². The molecule has 0 aliphatic carbocycles. The minimum absolute atomic E-state index is 0. The molecule has 0 nitrogen and oxygen atoms in total. The molecular formula is C36H36Cl2HfSi. The number of hydrogen-bond acceptors (Lipinski definition) is 0. The molecule has 6 rings (SSSR count). The van der Waals surface area contributed by atoms with E-state index in [2.05, 4.69) is 150 Å². The molecule has 0 amide bonds. The van der Waals surface area contributed by atoms with E-state index in [0.717, 1.165) is 9.52 Å². The van der Waals surface area contributed by atoms with Gasteiger partial charge >= 0.3 is 25.8 Å². The first kappa shape index (κ1) is 35.8. The SMILES string of the molecule is C[Si]C.Cc1ccc(-c2cccc3[cH-]c(C)cc23)cc1.Cc1ccc(-c2cccc3[cH-]c(C)cc23)cc1.[Cl-].[Cl-].[Hf+4]. The average Bonchev–Trinajstić information content (AvgIpc) is 3.46. The Bertz CT molecular complexity index is 1470. The summed E-state index contributed by atoms with van der Waals surface area (Å²) in [6.45, 7) is 12.9. The summed E-state index contributed by atoms with van der Waals surface area (Å²) in [5, 5.41) is 5.38. The van der Waals surface area contributed by atoms with E-state index in [1.54, 1.807) is 0 Å². The normalized spacial score (nSPS) is 9.75. The molecule has 0 saturated heterocycles. The molecule has 0 aliphatic rings. The Morgan fingerprint density at radius 3 is 1.15 bits per heavy atom. The number of halogens is 2. The van der Waals surface area contributed by atoms with Crippen LogP contribution in [0.5, 0.6) is 0 Å². The van der Waals surface area contributed by atoms with Crippen LogP contribution in [-0.2, 0) is 25.8 Å². The third-order valence-electron chi connectivity index (χ3n) is 6.52. The molecule has 40 heavy (non-hydrogen) atoms. The largest absolute Gasteiger partial charge is 4.00 e. The zero-order chi connectivity index (χ0) is 26.4. The molecule has 0 spiro atoms. The fourth-order valence-electron chi connectivity index (χ4n) is 4.74. The van der Waals surface area contributed by atoms with Crippen molar-refractivity contribution >= 4 is 31.1 Å². The number of rotatable bonds is 2. The fraction of sp³-hybridized carbons (Fsp3) is 0.167. The third kappa shape index (κ3) is 8.88. The molecule has 0 heterocycles. The number of fused-ring (bicyclic) bond motifs is 2. The molecule has 2 radical (unpaired) electrons. The molecular weight excluding hydrogens is 710 g/mol. The summed E-state index contributed by atoms with van der Waals surface area (Å²) in [6.07, 6.45) is 0. The van der Waals surface area contributed by atoms with Crippen LogP contribution in [0.25, 0.3) is 43.8 Å². The van der Waals surface area contributed by atoms with Gasteiger partial charge in [0.2, 0.25) is 0 Å². The van der Waals surface area contributed by atoms with Gasteiger partial charge in [0.25, 0.3) is 0 Å². The Balaban J connectivity index is 0.000000341. The predicted molar refractivity (Wildman–Crippen MR) is 166 cm³/mol. The predicted octanol–water partition coefficient (Wildman–Crippen LogP) is 4.48. The van der Waals surface area contributed by atoms with Crippen LogP contribution in [0.4, 0.5) is 0 Å². The van der Waals surface area contributed by atoms with Crippen LogP contribution >= 0.6 is 0 Å². The van der Waals surface area contributed by atoms with Crippen LogP contribution in [0.2, 0.25) is 13.1 Å². The molecule has 202 valence electrons. The number of benzene rings is 4. The van der Waals surface area contributed by atoms with E-state index >= 15 is 0 Å². The maximum absolute atomic E-state index is 2.27. The number of aryl methyl sites for hydroxylation is 4. The van der Waals surface area contributed by atoms with Gasteiger partial charge in [-0.1, -0.05) is 110 Å². The van der Waals surface area contributed by atoms with E-state index in [9.17, 15) is 0 Å². The van der Waals surface area contributed by atoms with Crippen molar-refractivity contribution < 1.29 is 50.7 Å². The van der Waals surface area contributed by atoms with E-state index in [0.29, 0.717) is 0 Å². The summed E-state index contributed by atoms with van der Waals surface area (Å²) >= 11 is 0. The summed E-state index contributed by atoms with van der Waals surface area (Å²) < 4.78 is 0. The van der Waals surface area contributed by atoms with Crippen LogP contribution in [-0.4, -0.2) is 9.52 Å². The molecule has 6 aromatic rings. The molecule has 0 aromatic heterocycles. The topological polar surface area (TPSA) is 0 Å². The van der Waals surface area contributed by atoms with E-state index < -0.39 is 0 Å². The van der Waals surface area contributed by atoms with Crippen molar-refractivity contribution in [3.8, 4) is 22.3 Å². The van der Waals surface area contributed by atoms with Crippen molar-refractivity contribution in [2.75, 3.05) is 0 Å². The smallest absolute Gasteiger partial charge is 1.00 e. The van der Waals surface area contributed by atoms with Gasteiger partial charge in [-0.2, -0.15) is 12.1 Å². The van der Waals surface area contributed by atoms with Gasteiger partial charge in [0.05, 0.1) is 0 Å². The van der Waals surface area contributed by atoms with Crippen molar-refractivity contribution in [3.63, 3.8) is 0 Å². The fourth-order valence-corrected chi connectivity index (χ4v) is 4.74. The van der Waals surface area contributed by atoms with E-state index in [-0.39, 0.29) is 50.7 Å². The molecule has 0 aliphatic heterocycles. The maximum Gasteiger partial charge on any atom is 4.00 e. The van der Waals surface area contributed by atoms with Gasteiger partial charge in [-0.3, -0.25) is 0 Å². The van der Waals surface area contributed by atoms with Gasteiger partial charge in [-0.25, -0.2) is 0 Å². The second-order valence-corrected chi connectivity index (χ2v) is 10.9.